The average Bonchev–Trinajstić information content (AvgIpc) is 2.57. The van der Waals surface area contributed by atoms with Gasteiger partial charge in [0.2, 0.25) is 10.2 Å². The van der Waals surface area contributed by atoms with E-state index in [0.717, 1.165) is 40.1 Å². The highest BCUT2D eigenvalue weighted by atomic mass is 32.2. The predicted octanol–water partition coefficient (Wildman–Crippen LogP) is 5.49. The van der Waals surface area contributed by atoms with Crippen molar-refractivity contribution in [2.24, 2.45) is 0 Å². The first kappa shape index (κ1) is 18.2. The zero-order valence-corrected chi connectivity index (χ0v) is 14.7. The average molecular weight is 358 g/mol. The Bertz CT molecular complexity index is 811. The molecule has 0 unspecified atom stereocenters. The molecule has 5 heteroatoms. The van der Waals surface area contributed by atoms with Crippen LogP contribution in [0.1, 0.15) is 6.92 Å². The molecule has 0 amide bonds. The maximum absolute atomic E-state index is 14.1. The molecule has 0 bridgehead atoms. The van der Waals surface area contributed by atoms with Crippen LogP contribution in [0.4, 0.5) is 4.39 Å². The molecule has 0 aromatic heterocycles. The lowest BCUT2D eigenvalue weighted by Gasteiger charge is -2.06. The lowest BCUT2D eigenvalue weighted by atomic mass is 10.1. The van der Waals surface area contributed by atoms with Crippen molar-refractivity contribution >= 4 is 33.8 Å². The molecule has 0 aliphatic carbocycles. The standard InChI is InChI=1S/C19H15FO2S2/c1-4-18(21)24-17-10-7-14(11-16(17)20)13-5-8-15(9-6-13)23-19(22)12(2)3/h4-11H,1-2H2,3H3. The van der Waals surface area contributed by atoms with Gasteiger partial charge in [0.15, 0.2) is 0 Å². The van der Waals surface area contributed by atoms with Crippen molar-refractivity contribution in [2.45, 2.75) is 16.7 Å². The molecule has 0 spiro atoms. The van der Waals surface area contributed by atoms with Gasteiger partial charge in [0.05, 0.1) is 4.90 Å². The van der Waals surface area contributed by atoms with Crippen molar-refractivity contribution in [3.05, 3.63) is 73.1 Å². The quantitative estimate of drug-likeness (QED) is 0.523. The molecule has 2 rings (SSSR count). The first-order valence-electron chi connectivity index (χ1n) is 7.02. The molecule has 2 nitrogen and oxygen atoms in total. The number of halogens is 1. The van der Waals surface area contributed by atoms with Crippen LogP contribution in [0.15, 0.2) is 77.1 Å². The SMILES string of the molecule is C=CC(=O)Sc1ccc(-c2ccc(SC(=O)C(=C)C)cc2)cc1F. The van der Waals surface area contributed by atoms with Gasteiger partial charge < -0.3 is 0 Å². The molecule has 24 heavy (non-hydrogen) atoms. The number of rotatable bonds is 5. The van der Waals surface area contributed by atoms with Crippen LogP contribution in [0, 0.1) is 5.82 Å². The minimum absolute atomic E-state index is 0.0814. The first-order chi connectivity index (χ1) is 11.4. The second-order valence-electron chi connectivity index (χ2n) is 4.96. The van der Waals surface area contributed by atoms with Gasteiger partial charge in [0, 0.05) is 4.90 Å². The highest BCUT2D eigenvalue weighted by molar-refractivity contribution is 8.14. The Morgan fingerprint density at radius 2 is 1.67 bits per heavy atom. The van der Waals surface area contributed by atoms with Crippen LogP contribution in [-0.2, 0) is 9.59 Å². The van der Waals surface area contributed by atoms with Crippen LogP contribution in [0.3, 0.4) is 0 Å². The summed E-state index contributed by atoms with van der Waals surface area (Å²) in [6.45, 7) is 8.65. The highest BCUT2D eigenvalue weighted by Crippen LogP contribution is 2.30. The fourth-order valence-corrected chi connectivity index (χ4v) is 3.08. The minimum atomic E-state index is -0.455. The predicted molar refractivity (Wildman–Crippen MR) is 98.6 cm³/mol. The van der Waals surface area contributed by atoms with Crippen LogP contribution >= 0.6 is 23.5 Å². The number of carbonyl (C=O) groups is 2. The smallest absolute Gasteiger partial charge is 0.219 e. The molecular formula is C19H15FO2S2. The molecule has 2 aromatic carbocycles. The number of hydrogen-bond acceptors (Lipinski definition) is 4. The summed E-state index contributed by atoms with van der Waals surface area (Å²) in [5, 5.41) is -0.382. The van der Waals surface area contributed by atoms with E-state index in [-0.39, 0.29) is 15.1 Å². The summed E-state index contributed by atoms with van der Waals surface area (Å²) < 4.78 is 14.1. The van der Waals surface area contributed by atoms with Crippen molar-refractivity contribution in [3.63, 3.8) is 0 Å². The van der Waals surface area contributed by atoms with E-state index < -0.39 is 5.82 Å². The summed E-state index contributed by atoms with van der Waals surface area (Å²) in [4.78, 5) is 24.0. The zero-order valence-electron chi connectivity index (χ0n) is 13.0. The zero-order chi connectivity index (χ0) is 17.7. The van der Waals surface area contributed by atoms with E-state index >= 15 is 0 Å². The molecule has 122 valence electrons. The van der Waals surface area contributed by atoms with Gasteiger partial charge in [-0.25, -0.2) is 4.39 Å². The number of thioether (sulfide) groups is 2. The van der Waals surface area contributed by atoms with Gasteiger partial charge in [-0.2, -0.15) is 0 Å². The van der Waals surface area contributed by atoms with Crippen LogP contribution in [-0.4, -0.2) is 10.2 Å². The lowest BCUT2D eigenvalue weighted by molar-refractivity contribution is -0.108. The fraction of sp³-hybridized carbons (Fsp3) is 0.0526. The maximum atomic E-state index is 14.1. The summed E-state index contributed by atoms with van der Waals surface area (Å²) in [5.74, 6) is -0.455. The molecule has 0 fully saturated rings. The van der Waals surface area contributed by atoms with Gasteiger partial charge in [0.25, 0.3) is 0 Å². The minimum Gasteiger partial charge on any atom is -0.282 e. The second-order valence-corrected chi connectivity index (χ2v) is 7.06. The number of hydrogen-bond donors (Lipinski definition) is 0. The van der Waals surface area contributed by atoms with Crippen molar-refractivity contribution < 1.29 is 14.0 Å². The highest BCUT2D eigenvalue weighted by Gasteiger charge is 2.10. The Hall–Kier alpha value is -2.11. The molecule has 0 atom stereocenters. The molecule has 0 N–H and O–H groups in total. The molecule has 0 saturated heterocycles. The Labute approximate surface area is 148 Å². The van der Waals surface area contributed by atoms with Gasteiger partial charge in [0.1, 0.15) is 5.82 Å². The summed E-state index contributed by atoms with van der Waals surface area (Å²) in [6, 6.07) is 12.0. The molecular weight excluding hydrogens is 343 g/mol. The lowest BCUT2D eigenvalue weighted by Crippen LogP contribution is -1.91. The molecule has 2 aromatic rings. The third kappa shape index (κ3) is 4.69. The monoisotopic (exact) mass is 358 g/mol. The summed E-state index contributed by atoms with van der Waals surface area (Å²) in [5.41, 5.74) is 2.02. The Morgan fingerprint density at radius 1 is 1.04 bits per heavy atom. The van der Waals surface area contributed by atoms with Crippen molar-refractivity contribution in [1.82, 2.24) is 0 Å². The third-order valence-electron chi connectivity index (χ3n) is 3.06. The van der Waals surface area contributed by atoms with E-state index in [1.54, 1.807) is 19.1 Å². The van der Waals surface area contributed by atoms with Gasteiger partial charge in [-0.05, 0) is 77.5 Å². The fourth-order valence-electron chi connectivity index (χ4n) is 1.82. The van der Waals surface area contributed by atoms with Crippen molar-refractivity contribution in [1.29, 1.82) is 0 Å². The van der Waals surface area contributed by atoms with E-state index in [2.05, 4.69) is 13.2 Å². The van der Waals surface area contributed by atoms with Crippen LogP contribution in [0.25, 0.3) is 11.1 Å². The van der Waals surface area contributed by atoms with Crippen LogP contribution in [0.5, 0.6) is 0 Å². The van der Waals surface area contributed by atoms with Gasteiger partial charge in [-0.15, -0.1) is 0 Å². The number of carbonyl (C=O) groups excluding carboxylic acids is 2. The normalized spacial score (nSPS) is 10.2. The summed E-state index contributed by atoms with van der Waals surface area (Å²) in [7, 11) is 0. The maximum Gasteiger partial charge on any atom is 0.219 e. The summed E-state index contributed by atoms with van der Waals surface area (Å²) in [6.07, 6.45) is 1.15. The van der Waals surface area contributed by atoms with E-state index in [0.29, 0.717) is 11.1 Å². The Balaban J connectivity index is 2.18. The topological polar surface area (TPSA) is 34.1 Å². The summed E-state index contributed by atoms with van der Waals surface area (Å²) >= 11 is 1.91. The number of benzene rings is 2. The van der Waals surface area contributed by atoms with E-state index in [1.807, 2.05) is 24.3 Å². The Kier molecular flexibility index (Phi) is 6.17. The van der Waals surface area contributed by atoms with E-state index in [1.165, 1.54) is 6.07 Å². The molecule has 0 heterocycles. The van der Waals surface area contributed by atoms with Crippen molar-refractivity contribution in [2.75, 3.05) is 0 Å². The molecule has 0 radical (unpaired) electrons. The molecule has 0 aliphatic heterocycles. The molecule has 0 saturated carbocycles. The second kappa shape index (κ2) is 8.13. The Morgan fingerprint density at radius 3 is 2.21 bits per heavy atom. The first-order valence-corrected chi connectivity index (χ1v) is 8.66. The van der Waals surface area contributed by atoms with E-state index in [4.69, 9.17) is 0 Å². The van der Waals surface area contributed by atoms with Gasteiger partial charge >= 0.3 is 0 Å². The molecule has 0 aliphatic rings. The van der Waals surface area contributed by atoms with Crippen molar-refractivity contribution in [3.8, 4) is 11.1 Å². The van der Waals surface area contributed by atoms with Crippen LogP contribution < -0.4 is 0 Å². The van der Waals surface area contributed by atoms with Crippen LogP contribution in [0.2, 0.25) is 0 Å². The largest absolute Gasteiger partial charge is 0.282 e. The third-order valence-corrected chi connectivity index (χ3v) is 5.02. The van der Waals surface area contributed by atoms with Gasteiger partial charge in [-0.3, -0.25) is 9.59 Å². The van der Waals surface area contributed by atoms with Gasteiger partial charge in [-0.1, -0.05) is 31.4 Å². The van der Waals surface area contributed by atoms with E-state index in [9.17, 15) is 14.0 Å².